The quantitative estimate of drug-likeness (QED) is 0.926. The van der Waals surface area contributed by atoms with Crippen molar-refractivity contribution in [3.8, 4) is 6.07 Å². The van der Waals surface area contributed by atoms with Crippen molar-refractivity contribution in [3.63, 3.8) is 0 Å². The first-order chi connectivity index (χ1) is 8.08. The lowest BCUT2D eigenvalue weighted by atomic mass is 10.2. The van der Waals surface area contributed by atoms with Crippen molar-refractivity contribution in [3.05, 3.63) is 28.2 Å². The number of nitriles is 1. The summed E-state index contributed by atoms with van der Waals surface area (Å²) in [6, 6.07) is 7.34. The number of anilines is 1. The third-order valence-corrected chi connectivity index (χ3v) is 3.09. The molecule has 0 aliphatic heterocycles. The Labute approximate surface area is 109 Å². The SMILES string of the molecule is CCN(C)C(=O)CNc1ccc(C#N)c(Br)c1. The summed E-state index contributed by atoms with van der Waals surface area (Å²) >= 11 is 3.30. The van der Waals surface area contributed by atoms with Gasteiger partial charge in [-0.3, -0.25) is 4.79 Å². The summed E-state index contributed by atoms with van der Waals surface area (Å²) in [6.07, 6.45) is 0. The molecule has 1 aromatic rings. The van der Waals surface area contributed by atoms with Gasteiger partial charge in [0, 0.05) is 23.8 Å². The van der Waals surface area contributed by atoms with Crippen LogP contribution >= 0.6 is 15.9 Å². The maximum absolute atomic E-state index is 11.6. The molecule has 0 bridgehead atoms. The van der Waals surface area contributed by atoms with E-state index in [2.05, 4.69) is 27.3 Å². The van der Waals surface area contributed by atoms with Crippen molar-refractivity contribution in [1.82, 2.24) is 4.90 Å². The number of rotatable bonds is 4. The van der Waals surface area contributed by atoms with E-state index in [1.807, 2.05) is 6.92 Å². The molecular weight excluding hydrogens is 282 g/mol. The highest BCUT2D eigenvalue weighted by molar-refractivity contribution is 9.10. The minimum atomic E-state index is 0.0352. The Morgan fingerprint density at radius 1 is 1.59 bits per heavy atom. The first-order valence-corrected chi connectivity index (χ1v) is 6.05. The Morgan fingerprint density at radius 3 is 2.82 bits per heavy atom. The molecule has 0 radical (unpaired) electrons. The lowest BCUT2D eigenvalue weighted by Gasteiger charge is -2.15. The number of hydrogen-bond acceptors (Lipinski definition) is 3. The van der Waals surface area contributed by atoms with Crippen LogP contribution in [0.3, 0.4) is 0 Å². The molecule has 1 amide bonds. The monoisotopic (exact) mass is 295 g/mol. The molecule has 5 heteroatoms. The molecule has 0 fully saturated rings. The van der Waals surface area contributed by atoms with Crippen LogP contribution in [0.4, 0.5) is 5.69 Å². The normalized spacial score (nSPS) is 9.53. The van der Waals surface area contributed by atoms with E-state index in [1.54, 1.807) is 30.1 Å². The molecule has 0 saturated carbocycles. The second-order valence-electron chi connectivity index (χ2n) is 3.57. The van der Waals surface area contributed by atoms with E-state index in [9.17, 15) is 4.79 Å². The summed E-state index contributed by atoms with van der Waals surface area (Å²) in [7, 11) is 1.76. The molecule has 1 aromatic carbocycles. The number of carbonyl (C=O) groups is 1. The second-order valence-corrected chi connectivity index (χ2v) is 4.42. The Bertz CT molecular complexity index is 454. The minimum absolute atomic E-state index is 0.0352. The van der Waals surface area contributed by atoms with Gasteiger partial charge in [-0.05, 0) is 41.1 Å². The number of amides is 1. The van der Waals surface area contributed by atoms with Gasteiger partial charge < -0.3 is 10.2 Å². The van der Waals surface area contributed by atoms with E-state index in [4.69, 9.17) is 5.26 Å². The average molecular weight is 296 g/mol. The van der Waals surface area contributed by atoms with Crippen molar-refractivity contribution in [2.24, 2.45) is 0 Å². The Kier molecular flexibility index (Phi) is 4.98. The molecule has 1 rings (SSSR count). The zero-order chi connectivity index (χ0) is 12.8. The van der Waals surface area contributed by atoms with Crippen LogP contribution in [-0.2, 0) is 4.79 Å². The third-order valence-electron chi connectivity index (χ3n) is 2.43. The van der Waals surface area contributed by atoms with E-state index < -0.39 is 0 Å². The molecule has 0 atom stereocenters. The molecule has 4 nitrogen and oxygen atoms in total. The maximum atomic E-state index is 11.6. The fourth-order valence-electron chi connectivity index (χ4n) is 1.20. The van der Waals surface area contributed by atoms with Crippen molar-refractivity contribution < 1.29 is 4.79 Å². The van der Waals surface area contributed by atoms with Crippen molar-refractivity contribution >= 4 is 27.5 Å². The molecule has 90 valence electrons. The largest absolute Gasteiger partial charge is 0.376 e. The van der Waals surface area contributed by atoms with E-state index in [0.29, 0.717) is 12.1 Å². The standard InChI is InChI=1S/C12H14BrN3O/c1-3-16(2)12(17)8-15-10-5-4-9(7-14)11(13)6-10/h4-6,15H,3,8H2,1-2H3. The van der Waals surface area contributed by atoms with Crippen LogP contribution in [0.5, 0.6) is 0 Å². The fourth-order valence-corrected chi connectivity index (χ4v) is 1.67. The number of carbonyl (C=O) groups excluding carboxylic acids is 1. The Morgan fingerprint density at radius 2 is 2.29 bits per heavy atom. The lowest BCUT2D eigenvalue weighted by Crippen LogP contribution is -2.31. The predicted octanol–water partition coefficient (Wildman–Crippen LogP) is 2.21. The maximum Gasteiger partial charge on any atom is 0.241 e. The number of hydrogen-bond donors (Lipinski definition) is 1. The number of nitrogens with one attached hydrogen (secondary N) is 1. The van der Waals surface area contributed by atoms with Crippen LogP contribution in [0.2, 0.25) is 0 Å². The average Bonchev–Trinajstić information content (AvgIpc) is 2.35. The minimum Gasteiger partial charge on any atom is -0.376 e. The zero-order valence-electron chi connectivity index (χ0n) is 9.83. The van der Waals surface area contributed by atoms with Gasteiger partial charge in [-0.2, -0.15) is 5.26 Å². The Balaban J connectivity index is 2.62. The van der Waals surface area contributed by atoms with Crippen LogP contribution in [-0.4, -0.2) is 30.9 Å². The second kappa shape index (κ2) is 6.26. The highest BCUT2D eigenvalue weighted by atomic mass is 79.9. The molecule has 0 saturated heterocycles. The van der Waals surface area contributed by atoms with Gasteiger partial charge in [0.05, 0.1) is 12.1 Å². The fraction of sp³-hybridized carbons (Fsp3) is 0.333. The molecule has 0 aliphatic carbocycles. The summed E-state index contributed by atoms with van der Waals surface area (Å²) < 4.78 is 0.723. The van der Waals surface area contributed by atoms with Crippen LogP contribution in [0.1, 0.15) is 12.5 Å². The smallest absolute Gasteiger partial charge is 0.241 e. The third kappa shape index (κ3) is 3.75. The first kappa shape index (κ1) is 13.5. The van der Waals surface area contributed by atoms with Crippen molar-refractivity contribution in [1.29, 1.82) is 5.26 Å². The molecule has 0 unspecified atom stereocenters. The van der Waals surface area contributed by atoms with Crippen molar-refractivity contribution in [2.75, 3.05) is 25.5 Å². The highest BCUT2D eigenvalue weighted by Crippen LogP contribution is 2.20. The van der Waals surface area contributed by atoms with Crippen LogP contribution in [0.25, 0.3) is 0 Å². The number of nitrogens with zero attached hydrogens (tertiary/aromatic N) is 2. The highest BCUT2D eigenvalue weighted by Gasteiger charge is 2.06. The summed E-state index contributed by atoms with van der Waals surface area (Å²) in [6.45, 7) is 2.87. The van der Waals surface area contributed by atoms with Gasteiger partial charge >= 0.3 is 0 Å². The first-order valence-electron chi connectivity index (χ1n) is 5.26. The van der Waals surface area contributed by atoms with Gasteiger partial charge in [-0.15, -0.1) is 0 Å². The molecular formula is C12H14BrN3O. The lowest BCUT2D eigenvalue weighted by molar-refractivity contribution is -0.127. The van der Waals surface area contributed by atoms with Gasteiger partial charge in [0.1, 0.15) is 6.07 Å². The summed E-state index contributed by atoms with van der Waals surface area (Å²) in [5.74, 6) is 0.0352. The summed E-state index contributed by atoms with van der Waals surface area (Å²) in [4.78, 5) is 13.2. The van der Waals surface area contributed by atoms with Gasteiger partial charge in [0.2, 0.25) is 5.91 Å². The molecule has 0 aromatic heterocycles. The molecule has 17 heavy (non-hydrogen) atoms. The number of benzene rings is 1. The number of likely N-dealkylation sites (N-methyl/N-ethyl adjacent to an activating group) is 1. The van der Waals surface area contributed by atoms with Gasteiger partial charge in [0.15, 0.2) is 0 Å². The van der Waals surface area contributed by atoms with Gasteiger partial charge in [0.25, 0.3) is 0 Å². The van der Waals surface area contributed by atoms with E-state index >= 15 is 0 Å². The summed E-state index contributed by atoms with van der Waals surface area (Å²) in [5, 5.41) is 11.8. The van der Waals surface area contributed by atoms with E-state index in [1.165, 1.54) is 0 Å². The molecule has 1 N–H and O–H groups in total. The van der Waals surface area contributed by atoms with Crippen molar-refractivity contribution in [2.45, 2.75) is 6.92 Å². The molecule has 0 aliphatic rings. The molecule has 0 heterocycles. The summed E-state index contributed by atoms with van der Waals surface area (Å²) in [5.41, 5.74) is 1.39. The Hall–Kier alpha value is -1.54. The van der Waals surface area contributed by atoms with Gasteiger partial charge in [-0.25, -0.2) is 0 Å². The predicted molar refractivity (Wildman–Crippen MR) is 70.7 cm³/mol. The number of halogens is 1. The van der Waals surface area contributed by atoms with E-state index in [0.717, 1.165) is 10.2 Å². The van der Waals surface area contributed by atoms with Crippen LogP contribution < -0.4 is 5.32 Å². The van der Waals surface area contributed by atoms with Gasteiger partial charge in [-0.1, -0.05) is 0 Å². The van der Waals surface area contributed by atoms with Crippen LogP contribution in [0, 0.1) is 11.3 Å². The van der Waals surface area contributed by atoms with E-state index in [-0.39, 0.29) is 12.5 Å². The van der Waals surface area contributed by atoms with Crippen LogP contribution in [0.15, 0.2) is 22.7 Å². The molecule has 0 spiro atoms. The topological polar surface area (TPSA) is 56.1 Å². The zero-order valence-corrected chi connectivity index (χ0v) is 11.4.